The van der Waals surface area contributed by atoms with Crippen LogP contribution in [0.25, 0.3) is 0 Å². The monoisotopic (exact) mass is 195 g/mol. The van der Waals surface area contributed by atoms with E-state index in [-0.39, 0.29) is 17.5 Å². The Labute approximate surface area is 81.6 Å². The van der Waals surface area contributed by atoms with E-state index in [1.54, 1.807) is 6.07 Å². The van der Waals surface area contributed by atoms with Gasteiger partial charge in [-0.15, -0.1) is 0 Å². The van der Waals surface area contributed by atoms with Gasteiger partial charge in [-0.2, -0.15) is 0 Å². The van der Waals surface area contributed by atoms with Gasteiger partial charge in [-0.3, -0.25) is 0 Å². The number of aliphatic hydroxyl groups is 1. The summed E-state index contributed by atoms with van der Waals surface area (Å²) in [7, 11) is 0. The number of aliphatic hydroxyl groups excluding tert-OH is 1. The second-order valence-electron chi connectivity index (χ2n) is 3.65. The van der Waals surface area contributed by atoms with Crippen LogP contribution in [0.15, 0.2) is 12.1 Å². The number of phenols is 2. The van der Waals surface area contributed by atoms with Gasteiger partial charge in [-0.25, -0.2) is 0 Å². The highest BCUT2D eigenvalue weighted by molar-refractivity contribution is 5.51. The van der Waals surface area contributed by atoms with Crippen LogP contribution in [0.5, 0.6) is 11.5 Å². The van der Waals surface area contributed by atoms with E-state index in [0.29, 0.717) is 24.0 Å². The van der Waals surface area contributed by atoms with Crippen molar-refractivity contribution in [2.24, 2.45) is 5.73 Å². The lowest BCUT2D eigenvalue weighted by Gasteiger charge is -2.27. The first kappa shape index (κ1) is 9.30. The summed E-state index contributed by atoms with van der Waals surface area (Å²) >= 11 is 0. The highest BCUT2D eigenvalue weighted by Gasteiger charge is 2.27. The van der Waals surface area contributed by atoms with Gasteiger partial charge in [0.05, 0.1) is 6.10 Å². The summed E-state index contributed by atoms with van der Waals surface area (Å²) in [6.07, 6.45) is 0.462. The van der Waals surface area contributed by atoms with E-state index < -0.39 is 6.10 Å². The summed E-state index contributed by atoms with van der Waals surface area (Å²) in [5.41, 5.74) is 6.92. The summed E-state index contributed by atoms with van der Waals surface area (Å²) < 4.78 is 0. The van der Waals surface area contributed by atoms with E-state index in [2.05, 4.69) is 0 Å². The Morgan fingerprint density at radius 2 is 2.00 bits per heavy atom. The number of rotatable bonds is 0. The van der Waals surface area contributed by atoms with Crippen LogP contribution in [-0.2, 0) is 6.42 Å². The molecule has 0 saturated heterocycles. The standard InChI is InChI=1S/C10H13NO3/c11-7-3-1-6-5(9(7)13)2-4-8(12)10(6)14/h2,4,7,9,12-14H,1,3,11H2/t7-,9-/m0/s1. The molecule has 0 aliphatic heterocycles. The molecule has 0 saturated carbocycles. The molecule has 5 N–H and O–H groups in total. The average Bonchev–Trinajstić information content (AvgIpc) is 2.17. The minimum Gasteiger partial charge on any atom is -0.504 e. The number of nitrogens with two attached hydrogens (primary N) is 1. The maximum absolute atomic E-state index is 9.73. The molecule has 0 radical (unpaired) electrons. The second kappa shape index (κ2) is 3.15. The number of hydrogen-bond donors (Lipinski definition) is 4. The third-order valence-corrected chi connectivity index (χ3v) is 2.75. The van der Waals surface area contributed by atoms with Crippen LogP contribution in [0.1, 0.15) is 23.7 Å². The number of benzene rings is 1. The van der Waals surface area contributed by atoms with Gasteiger partial charge in [0.15, 0.2) is 11.5 Å². The molecular formula is C10H13NO3. The molecule has 0 aromatic heterocycles. The van der Waals surface area contributed by atoms with Gasteiger partial charge in [0.2, 0.25) is 0 Å². The van der Waals surface area contributed by atoms with Gasteiger partial charge in [-0.05, 0) is 24.5 Å². The second-order valence-corrected chi connectivity index (χ2v) is 3.65. The number of fused-ring (bicyclic) bond motifs is 1. The molecule has 14 heavy (non-hydrogen) atoms. The van der Waals surface area contributed by atoms with Crippen molar-refractivity contribution in [3.05, 3.63) is 23.3 Å². The van der Waals surface area contributed by atoms with Crippen LogP contribution < -0.4 is 5.73 Å². The van der Waals surface area contributed by atoms with Crippen molar-refractivity contribution in [3.63, 3.8) is 0 Å². The Morgan fingerprint density at radius 1 is 1.29 bits per heavy atom. The molecule has 4 heteroatoms. The third kappa shape index (κ3) is 1.23. The molecule has 76 valence electrons. The minimum absolute atomic E-state index is 0.131. The van der Waals surface area contributed by atoms with Gasteiger partial charge >= 0.3 is 0 Å². The van der Waals surface area contributed by atoms with Crippen LogP contribution >= 0.6 is 0 Å². The lowest BCUT2D eigenvalue weighted by molar-refractivity contribution is 0.133. The van der Waals surface area contributed by atoms with Crippen LogP contribution in [0.2, 0.25) is 0 Å². The van der Waals surface area contributed by atoms with E-state index >= 15 is 0 Å². The van der Waals surface area contributed by atoms with Gasteiger partial charge in [0.1, 0.15) is 0 Å². The van der Waals surface area contributed by atoms with Crippen molar-refractivity contribution in [1.29, 1.82) is 0 Å². The van der Waals surface area contributed by atoms with E-state index in [9.17, 15) is 15.3 Å². The summed E-state index contributed by atoms with van der Waals surface area (Å²) in [5.74, 6) is -0.278. The van der Waals surface area contributed by atoms with Crippen molar-refractivity contribution in [3.8, 4) is 11.5 Å². The van der Waals surface area contributed by atoms with Crippen molar-refractivity contribution in [2.75, 3.05) is 0 Å². The predicted octanol–water partition coefficient (Wildman–Crippen LogP) is 0.405. The third-order valence-electron chi connectivity index (χ3n) is 2.75. The normalized spacial score (nSPS) is 25.9. The van der Waals surface area contributed by atoms with Gasteiger partial charge in [0, 0.05) is 11.6 Å². The zero-order valence-electron chi connectivity index (χ0n) is 7.64. The van der Waals surface area contributed by atoms with Crippen molar-refractivity contribution < 1.29 is 15.3 Å². The quantitative estimate of drug-likeness (QED) is 0.451. The molecule has 2 rings (SSSR count). The predicted molar refractivity (Wildman–Crippen MR) is 51.0 cm³/mol. The first-order valence-electron chi connectivity index (χ1n) is 4.58. The molecule has 0 fully saturated rings. The smallest absolute Gasteiger partial charge is 0.161 e. The maximum Gasteiger partial charge on any atom is 0.161 e. The first-order valence-corrected chi connectivity index (χ1v) is 4.58. The molecule has 0 spiro atoms. The maximum atomic E-state index is 9.73. The van der Waals surface area contributed by atoms with E-state index in [0.717, 1.165) is 0 Å². The van der Waals surface area contributed by atoms with Crippen LogP contribution in [-0.4, -0.2) is 21.4 Å². The fourth-order valence-corrected chi connectivity index (χ4v) is 1.88. The fourth-order valence-electron chi connectivity index (χ4n) is 1.88. The molecule has 0 heterocycles. The zero-order valence-corrected chi connectivity index (χ0v) is 7.64. The number of phenolic OH excluding ortho intramolecular Hbond substituents is 2. The lowest BCUT2D eigenvalue weighted by Crippen LogP contribution is -2.32. The average molecular weight is 195 g/mol. The van der Waals surface area contributed by atoms with E-state index in [1.807, 2.05) is 0 Å². The Morgan fingerprint density at radius 3 is 2.71 bits per heavy atom. The Kier molecular flexibility index (Phi) is 2.09. The minimum atomic E-state index is -0.745. The summed E-state index contributed by atoms with van der Waals surface area (Å²) in [5, 5.41) is 28.5. The molecule has 1 aliphatic carbocycles. The van der Waals surface area contributed by atoms with Crippen LogP contribution in [0.4, 0.5) is 0 Å². The molecule has 2 atom stereocenters. The van der Waals surface area contributed by atoms with E-state index in [1.165, 1.54) is 6.07 Å². The highest BCUT2D eigenvalue weighted by Crippen LogP contribution is 2.39. The van der Waals surface area contributed by atoms with Crippen molar-refractivity contribution in [1.82, 2.24) is 0 Å². The largest absolute Gasteiger partial charge is 0.504 e. The lowest BCUT2D eigenvalue weighted by atomic mass is 9.85. The molecular weight excluding hydrogens is 182 g/mol. The van der Waals surface area contributed by atoms with Crippen LogP contribution in [0, 0.1) is 0 Å². The summed E-state index contributed by atoms with van der Waals surface area (Å²) in [4.78, 5) is 0. The SMILES string of the molecule is N[C@H]1CCc2c(ccc(O)c2O)[C@@H]1O. The fraction of sp³-hybridized carbons (Fsp3) is 0.400. The van der Waals surface area contributed by atoms with Crippen molar-refractivity contribution >= 4 is 0 Å². The molecule has 1 aromatic rings. The Balaban J connectivity index is 2.53. The Bertz CT molecular complexity index is 365. The zero-order chi connectivity index (χ0) is 10.3. The van der Waals surface area contributed by atoms with Crippen molar-refractivity contribution in [2.45, 2.75) is 25.0 Å². The number of hydrogen-bond acceptors (Lipinski definition) is 4. The molecule has 0 unspecified atom stereocenters. The molecule has 0 bridgehead atoms. The summed E-state index contributed by atoms with van der Waals surface area (Å²) in [6, 6.07) is 2.69. The molecule has 0 amide bonds. The number of aromatic hydroxyl groups is 2. The van der Waals surface area contributed by atoms with Gasteiger partial charge in [0.25, 0.3) is 0 Å². The van der Waals surface area contributed by atoms with Gasteiger partial charge in [-0.1, -0.05) is 6.07 Å². The van der Waals surface area contributed by atoms with Crippen LogP contribution in [0.3, 0.4) is 0 Å². The molecule has 1 aromatic carbocycles. The summed E-state index contributed by atoms with van der Waals surface area (Å²) in [6.45, 7) is 0. The molecule has 4 nitrogen and oxygen atoms in total. The van der Waals surface area contributed by atoms with E-state index in [4.69, 9.17) is 5.73 Å². The highest BCUT2D eigenvalue weighted by atomic mass is 16.3. The Hall–Kier alpha value is -1.26. The molecule has 1 aliphatic rings. The first-order chi connectivity index (χ1) is 6.61. The van der Waals surface area contributed by atoms with Gasteiger partial charge < -0.3 is 21.1 Å². The topological polar surface area (TPSA) is 86.7 Å².